The minimum Gasteiger partial charge on any atom is -0.338 e. The molecule has 0 spiro atoms. The third-order valence-corrected chi connectivity index (χ3v) is 6.04. The zero-order chi connectivity index (χ0) is 14.2. The van der Waals surface area contributed by atoms with Crippen LogP contribution in [0.4, 0.5) is 0 Å². The highest BCUT2D eigenvalue weighted by molar-refractivity contribution is 7.91. The predicted octanol–water partition coefficient (Wildman–Crippen LogP) is 1.42. The molecule has 2 aromatic rings. The summed E-state index contributed by atoms with van der Waals surface area (Å²) in [5.41, 5.74) is 0. The van der Waals surface area contributed by atoms with Crippen LogP contribution in [0.1, 0.15) is 12.3 Å². The molecule has 0 aliphatic carbocycles. The summed E-state index contributed by atoms with van der Waals surface area (Å²) in [6.07, 6.45) is 0.671. The Morgan fingerprint density at radius 3 is 3.05 bits per heavy atom. The predicted molar refractivity (Wildman–Crippen MR) is 76.1 cm³/mol. The highest BCUT2D eigenvalue weighted by Gasteiger charge is 2.31. The van der Waals surface area contributed by atoms with Gasteiger partial charge >= 0.3 is 0 Å². The second-order valence-electron chi connectivity index (χ2n) is 4.96. The summed E-state index contributed by atoms with van der Waals surface area (Å²) in [5, 5.41) is 5.91. The highest BCUT2D eigenvalue weighted by Crippen LogP contribution is 2.22. The van der Waals surface area contributed by atoms with Crippen molar-refractivity contribution >= 4 is 21.2 Å². The first kappa shape index (κ1) is 13.7. The van der Waals surface area contributed by atoms with Gasteiger partial charge in [-0.1, -0.05) is 11.2 Å². The maximum atomic E-state index is 11.5. The lowest BCUT2D eigenvalue weighted by atomic mass is 10.2. The number of rotatable bonds is 4. The summed E-state index contributed by atoms with van der Waals surface area (Å²) >= 11 is 1.56. The molecule has 1 aliphatic heterocycles. The summed E-state index contributed by atoms with van der Waals surface area (Å²) in [4.78, 5) is 7.27. The molecule has 1 saturated heterocycles. The highest BCUT2D eigenvalue weighted by atomic mass is 32.2. The molecule has 108 valence electrons. The minimum absolute atomic E-state index is 0.0390. The molecule has 0 bridgehead atoms. The van der Waals surface area contributed by atoms with Gasteiger partial charge in [0.05, 0.1) is 22.9 Å². The molecular formula is C12H15N3O3S2. The van der Waals surface area contributed by atoms with Crippen LogP contribution in [0.15, 0.2) is 22.0 Å². The van der Waals surface area contributed by atoms with E-state index in [0.717, 1.165) is 4.88 Å². The van der Waals surface area contributed by atoms with Gasteiger partial charge in [0.15, 0.2) is 9.84 Å². The molecule has 3 rings (SSSR count). The second kappa shape index (κ2) is 5.27. The molecule has 6 nitrogen and oxygen atoms in total. The molecule has 1 unspecified atom stereocenters. The van der Waals surface area contributed by atoms with Crippen LogP contribution in [0.25, 0.3) is 10.7 Å². The average molecular weight is 313 g/mol. The lowest BCUT2D eigenvalue weighted by Crippen LogP contribution is -2.32. The van der Waals surface area contributed by atoms with Crippen LogP contribution >= 0.6 is 11.3 Å². The lowest BCUT2D eigenvalue weighted by Gasteiger charge is -2.20. The Labute approximate surface area is 121 Å². The van der Waals surface area contributed by atoms with Gasteiger partial charge in [-0.05, 0) is 24.9 Å². The van der Waals surface area contributed by atoms with Gasteiger partial charge in [-0.3, -0.25) is 4.90 Å². The van der Waals surface area contributed by atoms with E-state index in [1.807, 2.05) is 29.5 Å². The molecule has 0 radical (unpaired) electrons. The standard InChI is InChI=1S/C12H15N3O3S2/c1-15(9-4-6-20(16,17)8-9)7-11-13-12(14-18-11)10-3-2-5-19-10/h2-3,5,9H,4,6-8H2,1H3. The Morgan fingerprint density at radius 2 is 2.40 bits per heavy atom. The fourth-order valence-corrected chi connectivity index (χ4v) is 4.74. The van der Waals surface area contributed by atoms with Gasteiger partial charge in [0, 0.05) is 6.04 Å². The number of hydrogen-bond donors (Lipinski definition) is 0. The molecule has 0 aromatic carbocycles. The molecule has 1 fully saturated rings. The average Bonchev–Trinajstić information content (AvgIpc) is 3.07. The molecule has 3 heterocycles. The first-order valence-electron chi connectivity index (χ1n) is 6.31. The SMILES string of the molecule is CN(Cc1nc(-c2cccs2)no1)C1CCS(=O)(=O)C1. The quantitative estimate of drug-likeness (QED) is 0.849. The molecule has 0 saturated carbocycles. The number of hydrogen-bond acceptors (Lipinski definition) is 7. The van der Waals surface area contributed by atoms with E-state index in [1.165, 1.54) is 0 Å². The van der Waals surface area contributed by atoms with Crippen LogP contribution < -0.4 is 0 Å². The topological polar surface area (TPSA) is 76.3 Å². The molecule has 0 N–H and O–H groups in total. The van der Waals surface area contributed by atoms with E-state index < -0.39 is 9.84 Å². The van der Waals surface area contributed by atoms with Crippen LogP contribution in [-0.2, 0) is 16.4 Å². The van der Waals surface area contributed by atoms with Crippen LogP contribution in [0, 0.1) is 0 Å². The molecule has 1 atom stereocenters. The molecule has 0 amide bonds. The van der Waals surface area contributed by atoms with Crippen molar-refractivity contribution in [3.63, 3.8) is 0 Å². The fourth-order valence-electron chi connectivity index (χ4n) is 2.29. The van der Waals surface area contributed by atoms with Crippen molar-refractivity contribution in [3.8, 4) is 10.7 Å². The van der Waals surface area contributed by atoms with Crippen LogP contribution in [0.2, 0.25) is 0 Å². The van der Waals surface area contributed by atoms with E-state index in [2.05, 4.69) is 10.1 Å². The maximum Gasteiger partial charge on any atom is 0.241 e. The smallest absolute Gasteiger partial charge is 0.241 e. The number of thiophene rings is 1. The first-order chi connectivity index (χ1) is 9.53. The Balaban J connectivity index is 1.66. The van der Waals surface area contributed by atoms with Crippen molar-refractivity contribution in [2.75, 3.05) is 18.6 Å². The van der Waals surface area contributed by atoms with Crippen molar-refractivity contribution in [2.45, 2.75) is 19.0 Å². The Hall–Kier alpha value is -1.25. The maximum absolute atomic E-state index is 11.5. The van der Waals surface area contributed by atoms with Gasteiger partial charge in [-0.25, -0.2) is 8.42 Å². The van der Waals surface area contributed by atoms with Crippen molar-refractivity contribution in [1.82, 2.24) is 15.0 Å². The Morgan fingerprint density at radius 1 is 1.55 bits per heavy atom. The first-order valence-corrected chi connectivity index (χ1v) is 9.01. The monoisotopic (exact) mass is 313 g/mol. The Bertz CT molecular complexity index is 679. The van der Waals surface area contributed by atoms with Gasteiger partial charge in [-0.15, -0.1) is 11.3 Å². The summed E-state index contributed by atoms with van der Waals surface area (Å²) in [6.45, 7) is 0.471. The molecular weight excluding hydrogens is 298 g/mol. The van der Waals surface area contributed by atoms with Gasteiger partial charge in [-0.2, -0.15) is 4.98 Å². The lowest BCUT2D eigenvalue weighted by molar-refractivity contribution is 0.218. The molecule has 8 heteroatoms. The van der Waals surface area contributed by atoms with E-state index >= 15 is 0 Å². The summed E-state index contributed by atoms with van der Waals surface area (Å²) < 4.78 is 28.2. The van der Waals surface area contributed by atoms with E-state index in [-0.39, 0.29) is 17.5 Å². The number of aromatic nitrogens is 2. The van der Waals surface area contributed by atoms with E-state index in [9.17, 15) is 8.42 Å². The normalized spacial score (nSPS) is 21.6. The minimum atomic E-state index is -2.87. The van der Waals surface area contributed by atoms with Crippen molar-refractivity contribution in [2.24, 2.45) is 0 Å². The van der Waals surface area contributed by atoms with Crippen LogP contribution in [0.5, 0.6) is 0 Å². The van der Waals surface area contributed by atoms with Crippen molar-refractivity contribution < 1.29 is 12.9 Å². The fraction of sp³-hybridized carbons (Fsp3) is 0.500. The second-order valence-corrected chi connectivity index (χ2v) is 8.14. The summed E-state index contributed by atoms with van der Waals surface area (Å²) in [6, 6.07) is 3.91. The molecule has 2 aromatic heterocycles. The number of sulfone groups is 1. The van der Waals surface area contributed by atoms with E-state index in [0.29, 0.717) is 24.7 Å². The molecule has 20 heavy (non-hydrogen) atoms. The zero-order valence-corrected chi connectivity index (χ0v) is 12.7. The largest absolute Gasteiger partial charge is 0.338 e. The van der Waals surface area contributed by atoms with Crippen LogP contribution in [0.3, 0.4) is 0 Å². The molecule has 1 aliphatic rings. The number of nitrogens with zero attached hydrogens (tertiary/aromatic N) is 3. The van der Waals surface area contributed by atoms with E-state index in [4.69, 9.17) is 4.52 Å². The zero-order valence-electron chi connectivity index (χ0n) is 11.0. The summed E-state index contributed by atoms with van der Waals surface area (Å²) in [5.74, 6) is 1.59. The van der Waals surface area contributed by atoms with Crippen molar-refractivity contribution in [3.05, 3.63) is 23.4 Å². The van der Waals surface area contributed by atoms with Gasteiger partial charge in [0.1, 0.15) is 0 Å². The van der Waals surface area contributed by atoms with Gasteiger partial charge in [0.2, 0.25) is 11.7 Å². The third-order valence-electron chi connectivity index (χ3n) is 3.43. The van der Waals surface area contributed by atoms with Crippen molar-refractivity contribution in [1.29, 1.82) is 0 Å². The van der Waals surface area contributed by atoms with E-state index in [1.54, 1.807) is 11.3 Å². The van der Waals surface area contributed by atoms with Crippen LogP contribution in [-0.4, -0.2) is 48.1 Å². The van der Waals surface area contributed by atoms with Gasteiger partial charge in [0.25, 0.3) is 0 Å². The summed E-state index contributed by atoms with van der Waals surface area (Å²) in [7, 11) is -0.980. The third kappa shape index (κ3) is 2.92. The Kier molecular flexibility index (Phi) is 3.61. The van der Waals surface area contributed by atoms with Gasteiger partial charge < -0.3 is 4.52 Å².